The Labute approximate surface area is 121 Å². The molecule has 0 unspecified atom stereocenters. The van der Waals surface area contributed by atoms with Crippen molar-refractivity contribution < 1.29 is 9.53 Å². The maximum absolute atomic E-state index is 11.9. The van der Waals surface area contributed by atoms with Gasteiger partial charge in [-0.05, 0) is 30.9 Å². The van der Waals surface area contributed by atoms with E-state index >= 15 is 0 Å². The van der Waals surface area contributed by atoms with Gasteiger partial charge in [0.25, 0.3) is 0 Å². The number of nitrogens with one attached hydrogen (secondary N) is 1. The SMILES string of the molecule is CCOC(=O)c1cc(N)cnc1NCCc1cccs1. The Bertz CT molecular complexity index is 570. The molecular weight excluding hydrogens is 274 g/mol. The summed E-state index contributed by atoms with van der Waals surface area (Å²) in [6, 6.07) is 5.68. The minimum atomic E-state index is -0.411. The predicted octanol–water partition coefficient (Wildman–Crippen LogP) is 2.56. The van der Waals surface area contributed by atoms with E-state index in [1.54, 1.807) is 24.3 Å². The highest BCUT2D eigenvalue weighted by Gasteiger charge is 2.14. The van der Waals surface area contributed by atoms with Crippen molar-refractivity contribution in [1.29, 1.82) is 0 Å². The summed E-state index contributed by atoms with van der Waals surface area (Å²) in [5, 5.41) is 5.20. The lowest BCUT2D eigenvalue weighted by Crippen LogP contribution is -2.13. The van der Waals surface area contributed by atoms with Gasteiger partial charge < -0.3 is 15.8 Å². The number of hydrogen-bond acceptors (Lipinski definition) is 6. The van der Waals surface area contributed by atoms with E-state index in [0.717, 1.165) is 6.42 Å². The quantitative estimate of drug-likeness (QED) is 0.800. The zero-order valence-corrected chi connectivity index (χ0v) is 12.1. The lowest BCUT2D eigenvalue weighted by Gasteiger charge is -2.10. The molecule has 0 aliphatic rings. The van der Waals surface area contributed by atoms with Crippen LogP contribution in [0, 0.1) is 0 Å². The smallest absolute Gasteiger partial charge is 0.341 e. The number of carbonyl (C=O) groups is 1. The highest BCUT2D eigenvalue weighted by molar-refractivity contribution is 7.09. The number of thiophene rings is 1. The van der Waals surface area contributed by atoms with Gasteiger partial charge in [-0.3, -0.25) is 0 Å². The lowest BCUT2D eigenvalue weighted by molar-refractivity contribution is 0.0527. The fraction of sp³-hybridized carbons (Fsp3) is 0.286. The molecule has 0 aliphatic heterocycles. The zero-order valence-electron chi connectivity index (χ0n) is 11.3. The fourth-order valence-corrected chi connectivity index (χ4v) is 2.45. The van der Waals surface area contributed by atoms with Crippen molar-refractivity contribution in [2.24, 2.45) is 0 Å². The van der Waals surface area contributed by atoms with Crippen molar-refractivity contribution in [3.63, 3.8) is 0 Å². The monoisotopic (exact) mass is 291 g/mol. The van der Waals surface area contributed by atoms with E-state index in [1.807, 2.05) is 11.4 Å². The molecule has 0 saturated heterocycles. The predicted molar refractivity (Wildman–Crippen MR) is 81.1 cm³/mol. The molecule has 2 aromatic heterocycles. The van der Waals surface area contributed by atoms with E-state index in [1.165, 1.54) is 11.1 Å². The summed E-state index contributed by atoms with van der Waals surface area (Å²) in [6.07, 6.45) is 2.40. The fourth-order valence-electron chi connectivity index (χ4n) is 1.75. The van der Waals surface area contributed by atoms with Gasteiger partial charge in [-0.1, -0.05) is 6.07 Å². The largest absolute Gasteiger partial charge is 0.462 e. The first-order valence-corrected chi connectivity index (χ1v) is 7.27. The first-order valence-electron chi connectivity index (χ1n) is 6.39. The van der Waals surface area contributed by atoms with E-state index in [0.29, 0.717) is 30.2 Å². The van der Waals surface area contributed by atoms with Gasteiger partial charge in [0.1, 0.15) is 11.4 Å². The van der Waals surface area contributed by atoms with Crippen LogP contribution in [-0.2, 0) is 11.2 Å². The molecule has 0 aromatic carbocycles. The Morgan fingerprint density at radius 2 is 2.40 bits per heavy atom. The Morgan fingerprint density at radius 3 is 3.10 bits per heavy atom. The molecule has 0 atom stereocenters. The van der Waals surface area contributed by atoms with Gasteiger partial charge in [0.05, 0.1) is 18.5 Å². The number of pyridine rings is 1. The summed E-state index contributed by atoms with van der Waals surface area (Å²) in [5.41, 5.74) is 6.49. The number of ether oxygens (including phenoxy) is 1. The molecule has 20 heavy (non-hydrogen) atoms. The highest BCUT2D eigenvalue weighted by atomic mass is 32.1. The molecule has 2 heterocycles. The average molecular weight is 291 g/mol. The second-order valence-corrected chi connectivity index (χ2v) is 5.17. The third-order valence-corrected chi connectivity index (χ3v) is 3.58. The molecule has 0 aliphatic carbocycles. The van der Waals surface area contributed by atoms with Crippen LogP contribution >= 0.6 is 11.3 Å². The number of nitrogen functional groups attached to an aromatic ring is 1. The Morgan fingerprint density at radius 1 is 1.55 bits per heavy atom. The molecule has 0 bridgehead atoms. The number of esters is 1. The Balaban J connectivity index is 2.04. The van der Waals surface area contributed by atoms with Crippen molar-refractivity contribution in [1.82, 2.24) is 4.98 Å². The number of nitrogens with two attached hydrogens (primary N) is 1. The van der Waals surface area contributed by atoms with Gasteiger partial charge in [-0.2, -0.15) is 0 Å². The van der Waals surface area contributed by atoms with Crippen LogP contribution in [0.15, 0.2) is 29.8 Å². The second kappa shape index (κ2) is 6.91. The van der Waals surface area contributed by atoms with Crippen molar-refractivity contribution in [3.8, 4) is 0 Å². The molecule has 0 saturated carbocycles. The number of aromatic nitrogens is 1. The maximum atomic E-state index is 11.9. The van der Waals surface area contributed by atoms with Gasteiger partial charge in [0.15, 0.2) is 0 Å². The topological polar surface area (TPSA) is 77.2 Å². The highest BCUT2D eigenvalue weighted by Crippen LogP contribution is 2.17. The molecule has 6 heteroatoms. The Hall–Kier alpha value is -2.08. The lowest BCUT2D eigenvalue weighted by atomic mass is 10.2. The van der Waals surface area contributed by atoms with Crippen LogP contribution in [-0.4, -0.2) is 24.1 Å². The minimum absolute atomic E-state index is 0.322. The molecular formula is C14H17N3O2S. The first kappa shape index (κ1) is 14.3. The van der Waals surface area contributed by atoms with Crippen LogP contribution in [0.5, 0.6) is 0 Å². The number of carbonyl (C=O) groups excluding carboxylic acids is 1. The summed E-state index contributed by atoms with van der Waals surface area (Å²) in [6.45, 7) is 2.79. The molecule has 0 fully saturated rings. The standard InChI is InChI=1S/C14H17N3O2S/c1-2-19-14(18)12-8-10(15)9-17-13(12)16-6-5-11-4-3-7-20-11/h3-4,7-9H,2,5-6,15H2,1H3,(H,16,17). The second-order valence-electron chi connectivity index (χ2n) is 4.14. The number of rotatable bonds is 6. The van der Waals surface area contributed by atoms with E-state index in [4.69, 9.17) is 10.5 Å². The van der Waals surface area contributed by atoms with Gasteiger partial charge in [0, 0.05) is 11.4 Å². The zero-order chi connectivity index (χ0) is 14.4. The van der Waals surface area contributed by atoms with E-state index < -0.39 is 5.97 Å². The van der Waals surface area contributed by atoms with Crippen molar-refractivity contribution in [2.75, 3.05) is 24.2 Å². The van der Waals surface area contributed by atoms with Crippen LogP contribution in [0.2, 0.25) is 0 Å². The number of anilines is 2. The van der Waals surface area contributed by atoms with Crippen LogP contribution in [0.25, 0.3) is 0 Å². The van der Waals surface area contributed by atoms with Gasteiger partial charge in [-0.15, -0.1) is 11.3 Å². The van der Waals surface area contributed by atoms with Gasteiger partial charge in [0.2, 0.25) is 0 Å². The summed E-state index contributed by atoms with van der Waals surface area (Å²) < 4.78 is 5.00. The van der Waals surface area contributed by atoms with Crippen molar-refractivity contribution in [3.05, 3.63) is 40.2 Å². The molecule has 2 aromatic rings. The third-order valence-electron chi connectivity index (χ3n) is 2.65. The van der Waals surface area contributed by atoms with Crippen LogP contribution in [0.1, 0.15) is 22.2 Å². The van der Waals surface area contributed by atoms with Crippen molar-refractivity contribution in [2.45, 2.75) is 13.3 Å². The molecule has 0 spiro atoms. The van der Waals surface area contributed by atoms with E-state index in [9.17, 15) is 4.79 Å². The van der Waals surface area contributed by atoms with E-state index in [-0.39, 0.29) is 0 Å². The van der Waals surface area contributed by atoms with Crippen LogP contribution < -0.4 is 11.1 Å². The van der Waals surface area contributed by atoms with Gasteiger partial charge in [-0.25, -0.2) is 9.78 Å². The number of nitrogens with zero attached hydrogens (tertiary/aromatic N) is 1. The summed E-state index contributed by atoms with van der Waals surface area (Å²) in [4.78, 5) is 17.3. The summed E-state index contributed by atoms with van der Waals surface area (Å²) >= 11 is 1.71. The van der Waals surface area contributed by atoms with Crippen molar-refractivity contribution >= 4 is 28.8 Å². The summed E-state index contributed by atoms with van der Waals surface area (Å²) in [7, 11) is 0. The van der Waals surface area contributed by atoms with Crippen LogP contribution in [0.4, 0.5) is 11.5 Å². The van der Waals surface area contributed by atoms with Crippen LogP contribution in [0.3, 0.4) is 0 Å². The average Bonchev–Trinajstić information content (AvgIpc) is 2.94. The molecule has 0 radical (unpaired) electrons. The van der Waals surface area contributed by atoms with Gasteiger partial charge >= 0.3 is 5.97 Å². The summed E-state index contributed by atoms with van der Waals surface area (Å²) in [5.74, 6) is 0.0973. The Kier molecular flexibility index (Phi) is 4.95. The third kappa shape index (κ3) is 3.71. The maximum Gasteiger partial charge on any atom is 0.341 e. The number of hydrogen-bond donors (Lipinski definition) is 2. The molecule has 3 N–H and O–H groups in total. The first-order chi connectivity index (χ1) is 9.70. The minimum Gasteiger partial charge on any atom is -0.462 e. The molecule has 5 nitrogen and oxygen atoms in total. The van der Waals surface area contributed by atoms with E-state index in [2.05, 4.69) is 16.4 Å². The molecule has 106 valence electrons. The molecule has 0 amide bonds. The normalized spacial score (nSPS) is 10.2. The molecule has 2 rings (SSSR count).